The Morgan fingerprint density at radius 3 is 2.67 bits per heavy atom. The van der Waals surface area contributed by atoms with Crippen LogP contribution in [-0.4, -0.2) is 30.1 Å². The van der Waals surface area contributed by atoms with Crippen LogP contribution < -0.4 is 5.73 Å². The van der Waals surface area contributed by atoms with E-state index in [0.717, 1.165) is 12.6 Å². The van der Waals surface area contributed by atoms with Crippen LogP contribution in [0.4, 0.5) is 0 Å². The molecule has 2 nitrogen and oxygen atoms in total. The van der Waals surface area contributed by atoms with Gasteiger partial charge >= 0.3 is 0 Å². The van der Waals surface area contributed by atoms with E-state index < -0.39 is 0 Å². The van der Waals surface area contributed by atoms with E-state index in [1.165, 1.54) is 31.4 Å². The lowest BCUT2D eigenvalue weighted by molar-refractivity contribution is 0.160. The van der Waals surface area contributed by atoms with E-state index in [1.807, 2.05) is 0 Å². The van der Waals surface area contributed by atoms with Gasteiger partial charge < -0.3 is 5.73 Å². The van der Waals surface area contributed by atoms with Crippen molar-refractivity contribution in [2.45, 2.75) is 51.1 Å². The monoisotopic (exact) mass is 246 g/mol. The van der Waals surface area contributed by atoms with Crippen molar-refractivity contribution < 1.29 is 0 Å². The topological polar surface area (TPSA) is 29.3 Å². The van der Waals surface area contributed by atoms with Gasteiger partial charge in [-0.25, -0.2) is 0 Å². The number of nitrogens with two attached hydrogens (primary N) is 1. The van der Waals surface area contributed by atoms with Crippen molar-refractivity contribution in [2.24, 2.45) is 5.73 Å². The first-order valence-electron chi connectivity index (χ1n) is 7.28. The number of hydrogen-bond acceptors (Lipinski definition) is 2. The Morgan fingerprint density at radius 2 is 2.06 bits per heavy atom. The van der Waals surface area contributed by atoms with Gasteiger partial charge in [-0.1, -0.05) is 44.2 Å². The average Bonchev–Trinajstić information content (AvgIpc) is 2.89. The molecule has 0 aromatic heterocycles. The summed E-state index contributed by atoms with van der Waals surface area (Å²) in [5.41, 5.74) is 7.48. The first-order valence-corrected chi connectivity index (χ1v) is 7.28. The van der Waals surface area contributed by atoms with Crippen molar-refractivity contribution in [2.75, 3.05) is 13.1 Å². The standard InChI is InChI=1S/C16H26N2/c1-3-15-10-7-11-18(15)16(12-17)13(2)14-8-5-4-6-9-14/h4-6,8-9,13,15-16H,3,7,10-12,17H2,1-2H3. The maximum atomic E-state index is 6.07. The van der Waals surface area contributed by atoms with Crippen molar-refractivity contribution >= 4 is 0 Å². The van der Waals surface area contributed by atoms with E-state index >= 15 is 0 Å². The van der Waals surface area contributed by atoms with Gasteiger partial charge in [0.05, 0.1) is 0 Å². The molecule has 0 radical (unpaired) electrons. The van der Waals surface area contributed by atoms with Crippen LogP contribution in [-0.2, 0) is 0 Å². The SMILES string of the molecule is CCC1CCCN1C(CN)C(C)c1ccccc1. The highest BCUT2D eigenvalue weighted by Gasteiger charge is 2.32. The highest BCUT2D eigenvalue weighted by Crippen LogP contribution is 2.29. The van der Waals surface area contributed by atoms with Crippen LogP contribution in [0.2, 0.25) is 0 Å². The third-order valence-electron chi connectivity index (χ3n) is 4.46. The zero-order chi connectivity index (χ0) is 13.0. The summed E-state index contributed by atoms with van der Waals surface area (Å²) < 4.78 is 0. The van der Waals surface area contributed by atoms with Gasteiger partial charge in [0.15, 0.2) is 0 Å². The van der Waals surface area contributed by atoms with Crippen molar-refractivity contribution in [3.8, 4) is 0 Å². The number of rotatable bonds is 5. The first kappa shape index (κ1) is 13.6. The van der Waals surface area contributed by atoms with E-state index in [2.05, 4.69) is 49.1 Å². The van der Waals surface area contributed by atoms with Crippen LogP contribution in [0.15, 0.2) is 30.3 Å². The molecule has 0 saturated carbocycles. The number of likely N-dealkylation sites (tertiary alicyclic amines) is 1. The molecule has 2 rings (SSSR count). The maximum Gasteiger partial charge on any atom is 0.0287 e. The van der Waals surface area contributed by atoms with Crippen LogP contribution in [0.5, 0.6) is 0 Å². The summed E-state index contributed by atoms with van der Waals surface area (Å²) in [5.74, 6) is 0.517. The number of benzene rings is 1. The third kappa shape index (κ3) is 2.76. The summed E-state index contributed by atoms with van der Waals surface area (Å²) in [6.45, 7) is 6.59. The summed E-state index contributed by atoms with van der Waals surface area (Å²) in [6, 6.07) is 12.0. The molecule has 1 aromatic carbocycles. The first-order chi connectivity index (χ1) is 8.77. The van der Waals surface area contributed by atoms with Gasteiger partial charge in [0.25, 0.3) is 0 Å². The van der Waals surface area contributed by atoms with Gasteiger partial charge in [-0.05, 0) is 37.3 Å². The molecule has 2 heteroatoms. The molecule has 0 amide bonds. The normalized spacial score (nSPS) is 24.1. The Labute approximate surface area is 111 Å². The Balaban J connectivity index is 2.13. The van der Waals surface area contributed by atoms with Crippen LogP contribution in [0.3, 0.4) is 0 Å². The lowest BCUT2D eigenvalue weighted by Gasteiger charge is -2.36. The molecule has 2 N–H and O–H groups in total. The Morgan fingerprint density at radius 1 is 1.33 bits per heavy atom. The van der Waals surface area contributed by atoms with Gasteiger partial charge in [-0.2, -0.15) is 0 Å². The summed E-state index contributed by atoms with van der Waals surface area (Å²) in [7, 11) is 0. The molecule has 1 aromatic rings. The van der Waals surface area contributed by atoms with Crippen molar-refractivity contribution in [3.05, 3.63) is 35.9 Å². The molecule has 100 valence electrons. The van der Waals surface area contributed by atoms with Crippen LogP contribution in [0, 0.1) is 0 Å². The molecular weight excluding hydrogens is 220 g/mol. The van der Waals surface area contributed by atoms with Crippen molar-refractivity contribution in [1.29, 1.82) is 0 Å². The lowest BCUT2D eigenvalue weighted by atomic mass is 9.91. The smallest absolute Gasteiger partial charge is 0.0287 e. The van der Waals surface area contributed by atoms with Gasteiger partial charge in [0.2, 0.25) is 0 Å². The Hall–Kier alpha value is -0.860. The third-order valence-corrected chi connectivity index (χ3v) is 4.46. The fourth-order valence-corrected chi connectivity index (χ4v) is 3.34. The largest absolute Gasteiger partial charge is 0.329 e. The van der Waals surface area contributed by atoms with Crippen molar-refractivity contribution in [1.82, 2.24) is 4.90 Å². The lowest BCUT2D eigenvalue weighted by Crippen LogP contribution is -2.46. The summed E-state index contributed by atoms with van der Waals surface area (Å²) in [6.07, 6.45) is 3.92. The molecule has 1 fully saturated rings. The molecule has 1 saturated heterocycles. The molecule has 0 aliphatic carbocycles. The van der Waals surface area contributed by atoms with E-state index in [9.17, 15) is 0 Å². The second-order valence-corrected chi connectivity index (χ2v) is 5.44. The zero-order valence-electron chi connectivity index (χ0n) is 11.7. The quantitative estimate of drug-likeness (QED) is 0.865. The summed E-state index contributed by atoms with van der Waals surface area (Å²) >= 11 is 0. The molecule has 0 spiro atoms. The van der Waals surface area contributed by atoms with E-state index in [4.69, 9.17) is 5.73 Å². The molecule has 1 aliphatic rings. The second kappa shape index (κ2) is 6.35. The van der Waals surface area contributed by atoms with Crippen LogP contribution >= 0.6 is 0 Å². The Kier molecular flexibility index (Phi) is 4.79. The zero-order valence-corrected chi connectivity index (χ0v) is 11.7. The fourth-order valence-electron chi connectivity index (χ4n) is 3.34. The maximum absolute atomic E-state index is 6.07. The van der Waals surface area contributed by atoms with Crippen LogP contribution in [0.1, 0.15) is 44.6 Å². The summed E-state index contributed by atoms with van der Waals surface area (Å²) in [4.78, 5) is 2.65. The Bertz CT molecular complexity index is 349. The molecule has 1 heterocycles. The minimum Gasteiger partial charge on any atom is -0.329 e. The molecular formula is C16H26N2. The number of nitrogens with zero attached hydrogens (tertiary/aromatic N) is 1. The minimum atomic E-state index is 0.486. The molecule has 0 bridgehead atoms. The van der Waals surface area contributed by atoms with E-state index in [1.54, 1.807) is 0 Å². The summed E-state index contributed by atoms with van der Waals surface area (Å²) in [5, 5.41) is 0. The minimum absolute atomic E-state index is 0.486. The number of hydrogen-bond donors (Lipinski definition) is 1. The van der Waals surface area contributed by atoms with Gasteiger partial charge in [-0.3, -0.25) is 4.90 Å². The molecule has 18 heavy (non-hydrogen) atoms. The predicted molar refractivity (Wildman–Crippen MR) is 77.7 cm³/mol. The van der Waals surface area contributed by atoms with E-state index in [0.29, 0.717) is 12.0 Å². The van der Waals surface area contributed by atoms with E-state index in [-0.39, 0.29) is 0 Å². The highest BCUT2D eigenvalue weighted by molar-refractivity contribution is 5.21. The van der Waals surface area contributed by atoms with Gasteiger partial charge in [0.1, 0.15) is 0 Å². The van der Waals surface area contributed by atoms with Gasteiger partial charge in [-0.15, -0.1) is 0 Å². The second-order valence-electron chi connectivity index (χ2n) is 5.44. The van der Waals surface area contributed by atoms with Crippen LogP contribution in [0.25, 0.3) is 0 Å². The molecule has 3 atom stereocenters. The average molecular weight is 246 g/mol. The van der Waals surface area contributed by atoms with Gasteiger partial charge in [0, 0.05) is 18.6 Å². The van der Waals surface area contributed by atoms with Crippen molar-refractivity contribution in [3.63, 3.8) is 0 Å². The fraction of sp³-hybridized carbons (Fsp3) is 0.625. The highest BCUT2D eigenvalue weighted by atomic mass is 15.2. The molecule has 1 aliphatic heterocycles. The predicted octanol–water partition coefficient (Wildman–Crippen LogP) is 2.99. The molecule has 3 unspecified atom stereocenters.